The van der Waals surface area contributed by atoms with Crippen molar-refractivity contribution in [3.8, 4) is 5.75 Å². The number of benzene rings is 2. The summed E-state index contributed by atoms with van der Waals surface area (Å²) < 4.78 is 6.50. The van der Waals surface area contributed by atoms with E-state index in [1.165, 1.54) is 0 Å². The largest absolute Gasteiger partial charge is 0.494 e. The molecule has 3 nitrogen and oxygen atoms in total. The van der Waals surface area contributed by atoms with Gasteiger partial charge in [0, 0.05) is 15.7 Å². The van der Waals surface area contributed by atoms with E-state index in [0.717, 1.165) is 27.9 Å². The Balaban J connectivity index is 2.06. The number of anilines is 1. The first-order chi connectivity index (χ1) is 10.1. The van der Waals surface area contributed by atoms with Crippen molar-refractivity contribution in [1.29, 1.82) is 0 Å². The summed E-state index contributed by atoms with van der Waals surface area (Å²) in [7, 11) is 0. The zero-order valence-electron chi connectivity index (χ0n) is 12.2. The van der Waals surface area contributed by atoms with Crippen LogP contribution >= 0.6 is 15.9 Å². The van der Waals surface area contributed by atoms with Crippen molar-refractivity contribution in [2.75, 3.05) is 11.9 Å². The van der Waals surface area contributed by atoms with E-state index in [0.29, 0.717) is 12.2 Å². The Morgan fingerprint density at radius 2 is 1.90 bits per heavy atom. The third-order valence-corrected chi connectivity index (χ3v) is 3.52. The number of rotatable bonds is 5. The molecule has 1 N–H and O–H groups in total. The van der Waals surface area contributed by atoms with Crippen LogP contribution < -0.4 is 10.1 Å². The van der Waals surface area contributed by atoms with Gasteiger partial charge in [-0.25, -0.2) is 0 Å². The number of carbonyl (C=O) groups excluding carboxylic acids is 1. The summed E-state index contributed by atoms with van der Waals surface area (Å²) in [6.45, 7) is 4.70. The molecule has 4 heteroatoms. The number of carbonyl (C=O) groups is 1. The van der Waals surface area contributed by atoms with Gasteiger partial charge in [-0.1, -0.05) is 22.9 Å². The van der Waals surface area contributed by atoms with Crippen molar-refractivity contribution in [2.45, 2.75) is 20.3 Å². The molecule has 0 atom stereocenters. The van der Waals surface area contributed by atoms with Gasteiger partial charge in [0.1, 0.15) is 5.75 Å². The van der Waals surface area contributed by atoms with Crippen LogP contribution in [0.15, 0.2) is 46.9 Å². The smallest absolute Gasteiger partial charge is 0.255 e. The summed E-state index contributed by atoms with van der Waals surface area (Å²) in [6, 6.07) is 12.9. The summed E-state index contributed by atoms with van der Waals surface area (Å²) in [5.41, 5.74) is 2.44. The van der Waals surface area contributed by atoms with E-state index in [1.807, 2.05) is 37.3 Å². The van der Waals surface area contributed by atoms with Crippen LogP contribution in [-0.4, -0.2) is 12.5 Å². The van der Waals surface area contributed by atoms with Gasteiger partial charge in [-0.3, -0.25) is 4.79 Å². The molecule has 0 aliphatic carbocycles. The van der Waals surface area contributed by atoms with Crippen LogP contribution in [0.2, 0.25) is 0 Å². The van der Waals surface area contributed by atoms with E-state index in [1.54, 1.807) is 12.1 Å². The minimum atomic E-state index is -0.123. The van der Waals surface area contributed by atoms with Crippen molar-refractivity contribution in [3.05, 3.63) is 58.1 Å². The zero-order valence-corrected chi connectivity index (χ0v) is 13.7. The van der Waals surface area contributed by atoms with Gasteiger partial charge in [0.25, 0.3) is 5.91 Å². The summed E-state index contributed by atoms with van der Waals surface area (Å²) in [5, 5.41) is 2.92. The quantitative estimate of drug-likeness (QED) is 0.843. The van der Waals surface area contributed by atoms with Crippen molar-refractivity contribution in [3.63, 3.8) is 0 Å². The summed E-state index contributed by atoms with van der Waals surface area (Å²) in [6.07, 6.45) is 0.963. The highest BCUT2D eigenvalue weighted by atomic mass is 79.9. The molecular formula is C17H18BrNO2. The molecule has 0 heterocycles. The van der Waals surface area contributed by atoms with Crippen LogP contribution in [0.4, 0.5) is 5.69 Å². The van der Waals surface area contributed by atoms with Crippen LogP contribution in [0.5, 0.6) is 5.75 Å². The predicted molar refractivity (Wildman–Crippen MR) is 89.1 cm³/mol. The van der Waals surface area contributed by atoms with Crippen molar-refractivity contribution >= 4 is 27.5 Å². The van der Waals surface area contributed by atoms with Gasteiger partial charge in [-0.2, -0.15) is 0 Å². The molecule has 0 saturated carbocycles. The Bertz CT molecular complexity index is 623. The lowest BCUT2D eigenvalue weighted by molar-refractivity contribution is 0.102. The molecule has 0 unspecified atom stereocenters. The molecule has 0 aliphatic rings. The minimum absolute atomic E-state index is 0.123. The second-order valence-electron chi connectivity index (χ2n) is 4.79. The molecule has 0 spiro atoms. The van der Waals surface area contributed by atoms with Gasteiger partial charge in [0.2, 0.25) is 0 Å². The van der Waals surface area contributed by atoms with Crippen LogP contribution in [0.25, 0.3) is 0 Å². The van der Waals surface area contributed by atoms with Crippen LogP contribution in [0, 0.1) is 6.92 Å². The Kier molecular flexibility index (Phi) is 5.39. The fourth-order valence-corrected chi connectivity index (χ4v) is 2.36. The Morgan fingerprint density at radius 3 is 2.52 bits per heavy atom. The molecule has 0 bridgehead atoms. The topological polar surface area (TPSA) is 38.3 Å². The summed E-state index contributed by atoms with van der Waals surface area (Å²) in [5.74, 6) is 0.663. The molecule has 1 amide bonds. The number of hydrogen-bond donors (Lipinski definition) is 1. The number of aryl methyl sites for hydroxylation is 1. The summed E-state index contributed by atoms with van der Waals surface area (Å²) in [4.78, 5) is 12.2. The average molecular weight is 348 g/mol. The highest BCUT2D eigenvalue weighted by Gasteiger charge is 2.08. The highest BCUT2D eigenvalue weighted by molar-refractivity contribution is 9.10. The molecule has 21 heavy (non-hydrogen) atoms. The van der Waals surface area contributed by atoms with Crippen LogP contribution in [0.3, 0.4) is 0 Å². The van der Waals surface area contributed by atoms with Gasteiger partial charge < -0.3 is 10.1 Å². The standard InChI is InChI=1S/C17H18BrNO2/c1-3-10-21-15-7-4-13(5-8-15)17(20)19-16-9-6-14(18)11-12(16)2/h4-9,11H,3,10H2,1-2H3,(H,19,20). The maximum Gasteiger partial charge on any atom is 0.255 e. The third kappa shape index (κ3) is 4.33. The van der Waals surface area contributed by atoms with E-state index in [9.17, 15) is 4.79 Å². The molecule has 0 aromatic heterocycles. The second kappa shape index (κ2) is 7.27. The van der Waals surface area contributed by atoms with E-state index < -0.39 is 0 Å². The highest BCUT2D eigenvalue weighted by Crippen LogP contribution is 2.21. The van der Waals surface area contributed by atoms with Crippen molar-refractivity contribution in [1.82, 2.24) is 0 Å². The SMILES string of the molecule is CCCOc1ccc(C(=O)Nc2ccc(Br)cc2C)cc1. The van der Waals surface area contributed by atoms with Gasteiger partial charge in [0.15, 0.2) is 0 Å². The first kappa shape index (κ1) is 15.6. The first-order valence-corrected chi connectivity index (χ1v) is 7.70. The van der Waals surface area contributed by atoms with E-state index in [2.05, 4.69) is 28.2 Å². The normalized spacial score (nSPS) is 10.2. The Morgan fingerprint density at radius 1 is 1.19 bits per heavy atom. The fourth-order valence-electron chi connectivity index (χ4n) is 1.88. The maximum atomic E-state index is 12.2. The monoisotopic (exact) mass is 347 g/mol. The molecule has 2 aromatic carbocycles. The molecule has 0 saturated heterocycles. The van der Waals surface area contributed by atoms with Crippen LogP contribution in [-0.2, 0) is 0 Å². The maximum absolute atomic E-state index is 12.2. The number of halogens is 1. The number of hydrogen-bond acceptors (Lipinski definition) is 2. The predicted octanol–water partition coefficient (Wildman–Crippen LogP) is 4.80. The lowest BCUT2D eigenvalue weighted by atomic mass is 10.1. The van der Waals surface area contributed by atoms with Crippen molar-refractivity contribution < 1.29 is 9.53 Å². The van der Waals surface area contributed by atoms with Gasteiger partial charge in [-0.05, 0) is 61.4 Å². The average Bonchev–Trinajstić information content (AvgIpc) is 2.48. The Hall–Kier alpha value is -1.81. The van der Waals surface area contributed by atoms with Gasteiger partial charge in [-0.15, -0.1) is 0 Å². The molecule has 0 fully saturated rings. The number of ether oxygens (including phenoxy) is 1. The first-order valence-electron chi connectivity index (χ1n) is 6.90. The zero-order chi connectivity index (χ0) is 15.2. The summed E-state index contributed by atoms with van der Waals surface area (Å²) >= 11 is 3.41. The second-order valence-corrected chi connectivity index (χ2v) is 5.70. The molecule has 2 rings (SSSR count). The molecule has 110 valence electrons. The van der Waals surface area contributed by atoms with E-state index in [4.69, 9.17) is 4.74 Å². The molecule has 0 aliphatic heterocycles. The van der Waals surface area contributed by atoms with E-state index in [-0.39, 0.29) is 5.91 Å². The van der Waals surface area contributed by atoms with Gasteiger partial charge >= 0.3 is 0 Å². The molecule has 2 aromatic rings. The Labute approximate surface area is 133 Å². The van der Waals surface area contributed by atoms with Crippen molar-refractivity contribution in [2.24, 2.45) is 0 Å². The molecular weight excluding hydrogens is 330 g/mol. The van der Waals surface area contributed by atoms with E-state index >= 15 is 0 Å². The number of amides is 1. The van der Waals surface area contributed by atoms with Gasteiger partial charge in [0.05, 0.1) is 6.61 Å². The minimum Gasteiger partial charge on any atom is -0.494 e. The fraction of sp³-hybridized carbons (Fsp3) is 0.235. The van der Waals surface area contributed by atoms with Crippen LogP contribution in [0.1, 0.15) is 29.3 Å². The third-order valence-electron chi connectivity index (χ3n) is 3.03. The lowest BCUT2D eigenvalue weighted by Crippen LogP contribution is -2.12. The molecule has 0 radical (unpaired) electrons. The lowest BCUT2D eigenvalue weighted by Gasteiger charge is -2.09. The number of nitrogens with one attached hydrogen (secondary N) is 1.